The van der Waals surface area contributed by atoms with Gasteiger partial charge in [0.05, 0.1) is 11.4 Å². The van der Waals surface area contributed by atoms with Crippen LogP contribution in [0.4, 0.5) is 5.69 Å². The number of anilines is 1. The molecule has 0 unspecified atom stereocenters. The highest BCUT2D eigenvalue weighted by Gasteiger charge is 2.34. The second kappa shape index (κ2) is 14.2. The fraction of sp³-hybridized carbons (Fsp3) is 0.375. The van der Waals surface area contributed by atoms with Crippen LogP contribution in [-0.2, 0) is 32.6 Å². The molecular weight excluding hydrogens is 554 g/mol. The first-order valence-corrected chi connectivity index (χ1v) is 15.9. The van der Waals surface area contributed by atoms with Gasteiger partial charge in [-0.05, 0) is 43.5 Å². The Morgan fingerprint density at radius 1 is 0.881 bits per heavy atom. The lowest BCUT2D eigenvalue weighted by Crippen LogP contribution is -2.54. The summed E-state index contributed by atoms with van der Waals surface area (Å²) < 4.78 is 39.1. The molecule has 10 heteroatoms. The van der Waals surface area contributed by atoms with Gasteiger partial charge in [0.1, 0.15) is 25.8 Å². The van der Waals surface area contributed by atoms with E-state index in [2.05, 4.69) is 5.32 Å². The molecule has 1 aliphatic rings. The normalized spacial score (nSPS) is 14.0. The summed E-state index contributed by atoms with van der Waals surface area (Å²) in [5.74, 6) is -0.0678. The van der Waals surface area contributed by atoms with Crippen LogP contribution in [0.25, 0.3) is 0 Å². The molecule has 9 nitrogen and oxygen atoms in total. The lowest BCUT2D eigenvalue weighted by Gasteiger charge is -2.34. The second-order valence-corrected chi connectivity index (χ2v) is 12.4. The Morgan fingerprint density at radius 2 is 1.50 bits per heavy atom. The summed E-state index contributed by atoms with van der Waals surface area (Å²) in [5.41, 5.74) is 2.00. The Balaban J connectivity index is 1.73. The third-order valence-electron chi connectivity index (χ3n) is 7.26. The quantitative estimate of drug-likeness (QED) is 0.319. The molecule has 0 radical (unpaired) electrons. The highest BCUT2D eigenvalue weighted by Crippen LogP contribution is 2.35. The van der Waals surface area contributed by atoms with Gasteiger partial charge >= 0.3 is 0 Å². The van der Waals surface area contributed by atoms with Gasteiger partial charge in [-0.3, -0.25) is 13.9 Å². The Labute approximate surface area is 248 Å². The van der Waals surface area contributed by atoms with Crippen LogP contribution in [0.3, 0.4) is 0 Å². The molecule has 4 rings (SSSR count). The van der Waals surface area contributed by atoms with Gasteiger partial charge in [0.2, 0.25) is 21.8 Å². The zero-order valence-electron chi connectivity index (χ0n) is 24.4. The summed E-state index contributed by atoms with van der Waals surface area (Å²) in [4.78, 5) is 29.5. The summed E-state index contributed by atoms with van der Waals surface area (Å²) in [7, 11) is -3.88. The predicted molar refractivity (Wildman–Crippen MR) is 163 cm³/mol. The van der Waals surface area contributed by atoms with Crippen LogP contribution in [0, 0.1) is 0 Å². The third-order valence-corrected chi connectivity index (χ3v) is 9.00. The zero-order valence-corrected chi connectivity index (χ0v) is 25.2. The fourth-order valence-electron chi connectivity index (χ4n) is 4.68. The Hall–Kier alpha value is -4.05. The van der Waals surface area contributed by atoms with Gasteiger partial charge < -0.3 is 19.7 Å². The van der Waals surface area contributed by atoms with E-state index in [4.69, 9.17) is 9.47 Å². The van der Waals surface area contributed by atoms with Crippen molar-refractivity contribution in [1.29, 1.82) is 0 Å². The van der Waals surface area contributed by atoms with Crippen LogP contribution in [-0.4, -0.2) is 62.7 Å². The molecule has 3 aromatic carbocycles. The average Bonchev–Trinajstić information content (AvgIpc) is 3.02. The highest BCUT2D eigenvalue weighted by atomic mass is 32.2. The number of carbonyl (C=O) groups is 2. The number of fused-ring (bicyclic) bond motifs is 1. The van der Waals surface area contributed by atoms with E-state index in [0.717, 1.165) is 21.9 Å². The largest absolute Gasteiger partial charge is 0.486 e. The van der Waals surface area contributed by atoms with Gasteiger partial charge in [-0.25, -0.2) is 8.42 Å². The molecule has 0 saturated carbocycles. The maximum absolute atomic E-state index is 14.3. The van der Waals surface area contributed by atoms with Crippen LogP contribution in [0.5, 0.6) is 11.5 Å². The first-order valence-electron chi connectivity index (χ1n) is 14.3. The van der Waals surface area contributed by atoms with E-state index < -0.39 is 28.5 Å². The number of hydrogen-bond acceptors (Lipinski definition) is 6. The first kappa shape index (κ1) is 30.9. The van der Waals surface area contributed by atoms with Crippen LogP contribution in [0.15, 0.2) is 78.9 Å². The van der Waals surface area contributed by atoms with Crippen LogP contribution >= 0.6 is 0 Å². The van der Waals surface area contributed by atoms with Crippen molar-refractivity contribution in [3.05, 3.63) is 90.0 Å². The van der Waals surface area contributed by atoms with Crippen LogP contribution < -0.4 is 19.1 Å². The molecule has 3 aromatic rings. The standard InChI is InChI=1S/C32H39N3O6S/c1-4-24(3)33-32(37)28(20-25-12-8-6-9-13-25)34(22-26-14-10-7-11-15-26)31(36)23-35(42(38,39)5-2)27-16-17-29-30(21-27)41-19-18-40-29/h6-17,21,24,28H,4-5,18-20,22-23H2,1-3H3,(H,33,37)/t24-,28+/m1/s1. The Kier molecular flexibility index (Phi) is 10.5. The molecule has 0 aliphatic carbocycles. The number of rotatable bonds is 13. The van der Waals surface area contributed by atoms with E-state index in [-0.39, 0.29) is 36.4 Å². The van der Waals surface area contributed by atoms with E-state index in [1.165, 1.54) is 11.8 Å². The van der Waals surface area contributed by atoms with E-state index in [9.17, 15) is 18.0 Å². The Bertz CT molecular complexity index is 1450. The lowest BCUT2D eigenvalue weighted by molar-refractivity contribution is -0.140. The molecule has 2 atom stereocenters. The first-order chi connectivity index (χ1) is 20.2. The van der Waals surface area contributed by atoms with Gasteiger partial charge in [0, 0.05) is 25.1 Å². The number of sulfonamides is 1. The molecule has 1 N–H and O–H groups in total. The van der Waals surface area contributed by atoms with Crippen molar-refractivity contribution >= 4 is 27.5 Å². The zero-order chi connectivity index (χ0) is 30.1. The maximum Gasteiger partial charge on any atom is 0.244 e. The number of carbonyl (C=O) groups excluding carboxylic acids is 2. The average molecular weight is 594 g/mol. The molecule has 0 aromatic heterocycles. The van der Waals surface area contributed by atoms with Crippen molar-refractivity contribution in [2.24, 2.45) is 0 Å². The molecule has 224 valence electrons. The summed E-state index contributed by atoms with van der Waals surface area (Å²) in [6, 6.07) is 22.7. The van der Waals surface area contributed by atoms with Crippen molar-refractivity contribution in [2.45, 2.75) is 52.2 Å². The van der Waals surface area contributed by atoms with E-state index in [1.54, 1.807) is 18.2 Å². The van der Waals surface area contributed by atoms with Gasteiger partial charge in [-0.2, -0.15) is 0 Å². The predicted octanol–water partition coefficient (Wildman–Crippen LogP) is 4.17. The number of nitrogens with one attached hydrogen (secondary N) is 1. The van der Waals surface area contributed by atoms with Crippen LogP contribution in [0.1, 0.15) is 38.3 Å². The third kappa shape index (κ3) is 7.82. The van der Waals surface area contributed by atoms with Gasteiger partial charge in [-0.15, -0.1) is 0 Å². The smallest absolute Gasteiger partial charge is 0.244 e. The molecule has 0 bridgehead atoms. The van der Waals surface area contributed by atoms with Crippen molar-refractivity contribution in [1.82, 2.24) is 10.2 Å². The summed E-state index contributed by atoms with van der Waals surface area (Å²) in [6.45, 7) is 5.81. The number of hydrogen-bond donors (Lipinski definition) is 1. The molecule has 0 saturated heterocycles. The molecule has 0 fully saturated rings. The minimum atomic E-state index is -3.88. The minimum absolute atomic E-state index is 0.0980. The monoisotopic (exact) mass is 593 g/mol. The number of benzene rings is 3. The van der Waals surface area contributed by atoms with E-state index in [0.29, 0.717) is 24.7 Å². The van der Waals surface area contributed by atoms with Gasteiger partial charge in [0.25, 0.3) is 0 Å². The minimum Gasteiger partial charge on any atom is -0.486 e. The van der Waals surface area contributed by atoms with Crippen molar-refractivity contribution in [3.63, 3.8) is 0 Å². The van der Waals surface area contributed by atoms with Crippen molar-refractivity contribution < 1.29 is 27.5 Å². The summed E-state index contributed by atoms with van der Waals surface area (Å²) in [6.07, 6.45) is 0.995. The number of nitrogens with zero attached hydrogens (tertiary/aromatic N) is 2. The van der Waals surface area contributed by atoms with Crippen LogP contribution in [0.2, 0.25) is 0 Å². The topological polar surface area (TPSA) is 105 Å². The second-order valence-electron chi connectivity index (χ2n) is 10.3. The van der Waals surface area contributed by atoms with Crippen molar-refractivity contribution in [3.8, 4) is 11.5 Å². The fourth-order valence-corrected chi connectivity index (χ4v) is 5.74. The Morgan fingerprint density at radius 3 is 2.12 bits per heavy atom. The molecule has 2 amide bonds. The molecule has 42 heavy (non-hydrogen) atoms. The number of amides is 2. The van der Waals surface area contributed by atoms with Crippen molar-refractivity contribution in [2.75, 3.05) is 29.8 Å². The summed E-state index contributed by atoms with van der Waals surface area (Å²) >= 11 is 0. The van der Waals surface area contributed by atoms with Gasteiger partial charge in [-0.1, -0.05) is 67.6 Å². The molecule has 1 aliphatic heterocycles. The van der Waals surface area contributed by atoms with Gasteiger partial charge in [0.15, 0.2) is 11.5 Å². The van der Waals surface area contributed by atoms with E-state index in [1.807, 2.05) is 74.5 Å². The molecular formula is C32H39N3O6S. The highest BCUT2D eigenvalue weighted by molar-refractivity contribution is 7.92. The molecule has 1 heterocycles. The lowest BCUT2D eigenvalue weighted by atomic mass is 10.0. The maximum atomic E-state index is 14.3. The van der Waals surface area contributed by atoms with E-state index >= 15 is 0 Å². The number of ether oxygens (including phenoxy) is 2. The summed E-state index contributed by atoms with van der Waals surface area (Å²) in [5, 5.41) is 3.04. The SMILES string of the molecule is CC[C@@H](C)NC(=O)[C@H](Cc1ccccc1)N(Cc1ccccc1)C(=O)CN(c1ccc2c(c1)OCCO2)S(=O)(=O)CC. The molecule has 0 spiro atoms.